The van der Waals surface area contributed by atoms with Crippen molar-refractivity contribution in [3.8, 4) is 5.88 Å². The van der Waals surface area contributed by atoms with Gasteiger partial charge in [-0.3, -0.25) is 24.4 Å². The molecule has 0 bridgehead atoms. The maximum Gasteiger partial charge on any atom is 0.328 e. The summed E-state index contributed by atoms with van der Waals surface area (Å²) in [6.07, 6.45) is 0.157. The van der Waals surface area contributed by atoms with Gasteiger partial charge in [0.05, 0.1) is 13.2 Å². The van der Waals surface area contributed by atoms with E-state index in [1.807, 2.05) is 9.97 Å². The van der Waals surface area contributed by atoms with Gasteiger partial charge < -0.3 is 19.9 Å². The summed E-state index contributed by atoms with van der Waals surface area (Å²) >= 11 is 0. The van der Waals surface area contributed by atoms with Gasteiger partial charge in [0.1, 0.15) is 0 Å². The first kappa shape index (κ1) is 16.2. The van der Waals surface area contributed by atoms with Crippen LogP contribution in [-0.2, 0) is 26.5 Å². The van der Waals surface area contributed by atoms with E-state index in [0.29, 0.717) is 5.56 Å². The van der Waals surface area contributed by atoms with E-state index in [4.69, 9.17) is 9.47 Å². The zero-order chi connectivity index (χ0) is 18.5. The van der Waals surface area contributed by atoms with E-state index in [1.54, 1.807) is 12.1 Å². The molecule has 134 valence electrons. The fraction of sp³-hybridized carbons (Fsp3) is 0.250. The third-order valence-electron chi connectivity index (χ3n) is 4.28. The normalized spacial score (nSPS) is 17.5. The lowest BCUT2D eigenvalue weighted by Gasteiger charge is -2.21. The number of Topliss-reactive ketones (excluding diaryl/α,β-unsaturated/α-hetero) is 1. The van der Waals surface area contributed by atoms with Gasteiger partial charge in [-0.25, -0.2) is 4.79 Å². The molecular formula is C16H13N3O7. The van der Waals surface area contributed by atoms with Gasteiger partial charge in [-0.05, 0) is 17.7 Å². The lowest BCUT2D eigenvalue weighted by atomic mass is 10.1. The third-order valence-corrected chi connectivity index (χ3v) is 4.28. The maximum atomic E-state index is 12.3. The van der Waals surface area contributed by atoms with Crippen LogP contribution in [0.25, 0.3) is 0 Å². The summed E-state index contributed by atoms with van der Waals surface area (Å²) in [5, 5.41) is 12.1. The molecule has 0 atom stereocenters. The van der Waals surface area contributed by atoms with Gasteiger partial charge in [0.15, 0.2) is 5.56 Å². The SMILES string of the molecule is O=C(Nc1ccc2c(c1)C1(OCCO1)C(=O)C2)c1c(O)[nH]c(=O)[nH]c1=O. The smallest absolute Gasteiger partial charge is 0.328 e. The minimum atomic E-state index is -1.45. The second kappa shape index (κ2) is 5.64. The van der Waals surface area contributed by atoms with Crippen molar-refractivity contribution in [1.29, 1.82) is 0 Å². The molecule has 10 nitrogen and oxygen atoms in total. The molecule has 0 unspecified atom stereocenters. The Hall–Kier alpha value is -3.24. The third kappa shape index (κ3) is 2.35. The number of aromatic nitrogens is 2. The molecule has 2 aromatic rings. The van der Waals surface area contributed by atoms with Crippen LogP contribution in [0.4, 0.5) is 5.69 Å². The Morgan fingerprint density at radius 1 is 1.15 bits per heavy atom. The van der Waals surface area contributed by atoms with Crippen LogP contribution in [0.3, 0.4) is 0 Å². The molecule has 10 heteroatoms. The Labute approximate surface area is 144 Å². The number of hydrogen-bond donors (Lipinski definition) is 4. The Kier molecular flexibility index (Phi) is 3.53. The minimum Gasteiger partial charge on any atom is -0.494 e. The van der Waals surface area contributed by atoms with Crippen LogP contribution in [0, 0.1) is 0 Å². The highest BCUT2D eigenvalue weighted by Crippen LogP contribution is 2.42. The fourth-order valence-electron chi connectivity index (χ4n) is 3.16. The van der Waals surface area contributed by atoms with E-state index in [-0.39, 0.29) is 31.1 Å². The molecule has 1 fully saturated rings. The highest BCUT2D eigenvalue weighted by molar-refractivity contribution is 6.05. The van der Waals surface area contributed by atoms with Gasteiger partial charge in [0.25, 0.3) is 17.3 Å². The number of carbonyl (C=O) groups is 2. The molecule has 1 aliphatic carbocycles. The Morgan fingerprint density at radius 3 is 2.58 bits per heavy atom. The highest BCUT2D eigenvalue weighted by Gasteiger charge is 2.51. The molecule has 1 aromatic heterocycles. The molecular weight excluding hydrogens is 346 g/mol. The Bertz CT molecular complexity index is 1050. The monoisotopic (exact) mass is 359 g/mol. The van der Waals surface area contributed by atoms with E-state index in [9.17, 15) is 24.3 Å². The minimum absolute atomic E-state index is 0.157. The number of nitrogens with one attached hydrogen (secondary N) is 3. The molecule has 1 aliphatic heterocycles. The van der Waals surface area contributed by atoms with Crippen molar-refractivity contribution in [2.75, 3.05) is 18.5 Å². The summed E-state index contributed by atoms with van der Waals surface area (Å²) in [7, 11) is 0. The molecule has 1 amide bonds. The summed E-state index contributed by atoms with van der Waals surface area (Å²) in [4.78, 5) is 51.2. The summed E-state index contributed by atoms with van der Waals surface area (Å²) in [5.74, 6) is -3.44. The van der Waals surface area contributed by atoms with Crippen LogP contribution in [0.1, 0.15) is 21.5 Å². The topological polar surface area (TPSA) is 151 Å². The predicted molar refractivity (Wildman–Crippen MR) is 86.0 cm³/mol. The van der Waals surface area contributed by atoms with E-state index in [1.165, 1.54) is 6.07 Å². The molecule has 0 radical (unpaired) electrons. The number of hydrogen-bond acceptors (Lipinski definition) is 7. The standard InChI is InChI=1S/C16H13N3O7/c20-10-5-7-1-2-8(6-9(7)16(10)25-3-4-26-16)17-12(21)11-13(22)18-15(24)19-14(11)23/h1-2,6H,3-5H2,(H,17,21)(H3,18,19,22,23,24). The van der Waals surface area contributed by atoms with Gasteiger partial charge in [-0.2, -0.15) is 0 Å². The van der Waals surface area contributed by atoms with Crippen LogP contribution in [0.5, 0.6) is 5.88 Å². The number of benzene rings is 1. The first-order chi connectivity index (χ1) is 12.4. The number of aromatic hydroxyl groups is 1. The quantitative estimate of drug-likeness (QED) is 0.556. The molecule has 0 saturated carbocycles. The van der Waals surface area contributed by atoms with E-state index >= 15 is 0 Å². The number of anilines is 1. The molecule has 1 saturated heterocycles. The number of rotatable bonds is 2. The molecule has 4 N–H and O–H groups in total. The van der Waals surface area contributed by atoms with Crippen molar-refractivity contribution in [2.45, 2.75) is 12.2 Å². The second-order valence-corrected chi connectivity index (χ2v) is 5.87. The van der Waals surface area contributed by atoms with E-state index < -0.39 is 34.4 Å². The first-order valence-electron chi connectivity index (χ1n) is 7.72. The predicted octanol–water partition coefficient (Wildman–Crippen LogP) is -0.654. The summed E-state index contributed by atoms with van der Waals surface area (Å²) in [6, 6.07) is 4.73. The number of aromatic amines is 2. The lowest BCUT2D eigenvalue weighted by molar-refractivity contribution is -0.180. The van der Waals surface area contributed by atoms with Crippen molar-refractivity contribution in [2.24, 2.45) is 0 Å². The Balaban J connectivity index is 1.68. The molecule has 1 aromatic carbocycles. The van der Waals surface area contributed by atoms with Gasteiger partial charge >= 0.3 is 5.69 Å². The number of ether oxygens (including phenoxy) is 2. The average molecular weight is 359 g/mol. The van der Waals surface area contributed by atoms with Crippen LogP contribution >= 0.6 is 0 Å². The van der Waals surface area contributed by atoms with Crippen molar-refractivity contribution < 1.29 is 24.2 Å². The largest absolute Gasteiger partial charge is 0.494 e. The van der Waals surface area contributed by atoms with Gasteiger partial charge in [-0.15, -0.1) is 0 Å². The maximum absolute atomic E-state index is 12.3. The van der Waals surface area contributed by atoms with E-state index in [0.717, 1.165) is 5.56 Å². The van der Waals surface area contributed by atoms with Crippen LogP contribution in [-0.4, -0.2) is 40.0 Å². The number of carbonyl (C=O) groups excluding carboxylic acids is 2. The van der Waals surface area contributed by atoms with Crippen molar-refractivity contribution >= 4 is 17.4 Å². The van der Waals surface area contributed by atoms with Crippen molar-refractivity contribution in [3.63, 3.8) is 0 Å². The summed E-state index contributed by atoms with van der Waals surface area (Å²) in [5.41, 5.74) is -1.11. The molecule has 2 aliphatic rings. The van der Waals surface area contributed by atoms with Crippen molar-refractivity contribution in [1.82, 2.24) is 9.97 Å². The van der Waals surface area contributed by atoms with Gasteiger partial charge in [-0.1, -0.05) is 6.07 Å². The van der Waals surface area contributed by atoms with Crippen LogP contribution in [0.2, 0.25) is 0 Å². The number of H-pyrrole nitrogens is 2. The van der Waals surface area contributed by atoms with Crippen molar-refractivity contribution in [3.05, 3.63) is 55.7 Å². The number of ketones is 1. The van der Waals surface area contributed by atoms with Gasteiger partial charge in [0.2, 0.25) is 11.7 Å². The zero-order valence-corrected chi connectivity index (χ0v) is 13.3. The van der Waals surface area contributed by atoms with Crippen LogP contribution in [0.15, 0.2) is 27.8 Å². The highest BCUT2D eigenvalue weighted by atomic mass is 16.7. The van der Waals surface area contributed by atoms with Gasteiger partial charge in [0, 0.05) is 17.7 Å². The summed E-state index contributed by atoms with van der Waals surface area (Å²) in [6.45, 7) is 0.560. The van der Waals surface area contributed by atoms with Crippen LogP contribution < -0.4 is 16.6 Å². The number of fused-ring (bicyclic) bond motifs is 2. The Morgan fingerprint density at radius 2 is 1.88 bits per heavy atom. The number of amides is 1. The fourth-order valence-corrected chi connectivity index (χ4v) is 3.16. The molecule has 1 spiro atoms. The molecule has 2 heterocycles. The zero-order valence-electron chi connectivity index (χ0n) is 13.3. The van der Waals surface area contributed by atoms with E-state index in [2.05, 4.69) is 5.32 Å². The summed E-state index contributed by atoms with van der Waals surface area (Å²) < 4.78 is 11.0. The first-order valence-corrected chi connectivity index (χ1v) is 7.72. The molecule has 4 rings (SSSR count). The lowest BCUT2D eigenvalue weighted by Crippen LogP contribution is -2.33. The molecule has 26 heavy (non-hydrogen) atoms. The average Bonchev–Trinajstić information content (AvgIpc) is 3.15. The second-order valence-electron chi connectivity index (χ2n) is 5.87.